The van der Waals surface area contributed by atoms with Crippen molar-refractivity contribution in [3.8, 4) is 0 Å². The number of aryl methyl sites for hydroxylation is 2. The van der Waals surface area contributed by atoms with Crippen molar-refractivity contribution in [2.24, 2.45) is 18.7 Å². The molecule has 2 aliphatic heterocycles. The molecule has 3 rings (SSSR count). The van der Waals surface area contributed by atoms with Crippen LogP contribution in [0.2, 0.25) is 0 Å². The molecule has 7 heteroatoms. The topological polar surface area (TPSA) is 85.4 Å². The molecule has 3 heterocycles. The average Bonchev–Trinajstić information content (AvgIpc) is 2.96. The van der Waals surface area contributed by atoms with Gasteiger partial charge in [0.05, 0.1) is 12.1 Å². The first kappa shape index (κ1) is 19.3. The minimum Gasteiger partial charge on any atom is -0.381 e. The maximum absolute atomic E-state index is 12.7. The first-order valence-electron chi connectivity index (χ1n) is 9.94. The summed E-state index contributed by atoms with van der Waals surface area (Å²) in [4.78, 5) is 15.1. The van der Waals surface area contributed by atoms with Gasteiger partial charge in [0.2, 0.25) is 5.91 Å². The Balaban J connectivity index is 1.45. The lowest BCUT2D eigenvalue weighted by atomic mass is 10.0. The molecule has 1 aromatic rings. The Hall–Kier alpha value is -1.44. The van der Waals surface area contributed by atoms with Gasteiger partial charge >= 0.3 is 0 Å². The summed E-state index contributed by atoms with van der Waals surface area (Å²) in [7, 11) is 1.92. The summed E-state index contributed by atoms with van der Waals surface area (Å²) in [5.74, 6) is 0.229. The van der Waals surface area contributed by atoms with Gasteiger partial charge in [-0.15, -0.1) is 0 Å². The highest BCUT2D eigenvalue weighted by Crippen LogP contribution is 2.22. The van der Waals surface area contributed by atoms with Crippen molar-refractivity contribution in [3.63, 3.8) is 0 Å². The molecule has 0 radical (unpaired) electrons. The van der Waals surface area contributed by atoms with Crippen LogP contribution in [0.15, 0.2) is 12.4 Å². The molecule has 26 heavy (non-hydrogen) atoms. The van der Waals surface area contributed by atoms with Crippen molar-refractivity contribution in [3.05, 3.63) is 18.0 Å². The quantitative estimate of drug-likeness (QED) is 0.726. The lowest BCUT2D eigenvalue weighted by Gasteiger charge is -2.35. The third kappa shape index (κ3) is 5.53. The molecule has 1 aromatic heterocycles. The SMILES string of the molecule is Cn1cc(CCCNC(=O)[C@@H]2CC[C@H](N)CN(C3CCOCC3)C2)cn1. The highest BCUT2D eigenvalue weighted by Gasteiger charge is 2.31. The van der Waals surface area contributed by atoms with Crippen molar-refractivity contribution in [1.82, 2.24) is 20.0 Å². The highest BCUT2D eigenvalue weighted by molar-refractivity contribution is 5.78. The van der Waals surface area contributed by atoms with E-state index in [1.165, 1.54) is 5.56 Å². The molecule has 146 valence electrons. The number of hydrogen-bond donors (Lipinski definition) is 2. The molecule has 1 amide bonds. The number of likely N-dealkylation sites (tertiary alicyclic amines) is 1. The zero-order chi connectivity index (χ0) is 18.4. The number of nitrogens with one attached hydrogen (secondary N) is 1. The van der Waals surface area contributed by atoms with E-state index in [4.69, 9.17) is 10.5 Å². The lowest BCUT2D eigenvalue weighted by Crippen LogP contribution is -2.47. The maximum Gasteiger partial charge on any atom is 0.224 e. The van der Waals surface area contributed by atoms with Gasteiger partial charge in [-0.05, 0) is 44.1 Å². The van der Waals surface area contributed by atoms with Crippen molar-refractivity contribution < 1.29 is 9.53 Å². The minimum absolute atomic E-state index is 0.0461. The van der Waals surface area contributed by atoms with Gasteiger partial charge in [0, 0.05) is 58.2 Å². The summed E-state index contributed by atoms with van der Waals surface area (Å²) >= 11 is 0. The zero-order valence-electron chi connectivity index (χ0n) is 15.9. The second-order valence-corrected chi connectivity index (χ2v) is 7.75. The van der Waals surface area contributed by atoms with Gasteiger partial charge < -0.3 is 15.8 Å². The first-order chi connectivity index (χ1) is 12.6. The molecule has 0 unspecified atom stereocenters. The maximum atomic E-state index is 12.7. The van der Waals surface area contributed by atoms with Crippen LogP contribution in [-0.4, -0.2) is 65.5 Å². The largest absolute Gasteiger partial charge is 0.381 e. The second kappa shape index (κ2) is 9.48. The zero-order valence-corrected chi connectivity index (χ0v) is 15.9. The Morgan fingerprint density at radius 1 is 1.31 bits per heavy atom. The van der Waals surface area contributed by atoms with Gasteiger partial charge in [-0.2, -0.15) is 5.10 Å². The Kier molecular flexibility index (Phi) is 7.05. The van der Waals surface area contributed by atoms with E-state index < -0.39 is 0 Å². The first-order valence-corrected chi connectivity index (χ1v) is 9.94. The van der Waals surface area contributed by atoms with Crippen LogP contribution >= 0.6 is 0 Å². The van der Waals surface area contributed by atoms with Crippen LogP contribution in [-0.2, 0) is 23.0 Å². The number of carbonyl (C=O) groups excluding carboxylic acids is 1. The molecule has 2 aliphatic rings. The summed E-state index contributed by atoms with van der Waals surface area (Å²) in [6.45, 7) is 4.08. The standard InChI is InChI=1S/C19H33N5O2/c1-23-12-15(11-22-23)3-2-8-21-19(25)16-4-5-17(20)14-24(13-16)18-6-9-26-10-7-18/h11-12,16-18H,2-10,13-14,20H2,1H3,(H,21,25)/t16-,17+/m1/s1. The number of rotatable bonds is 6. The molecule has 7 nitrogen and oxygen atoms in total. The van der Waals surface area contributed by atoms with E-state index in [0.717, 1.165) is 64.8 Å². The van der Waals surface area contributed by atoms with Crippen molar-refractivity contribution >= 4 is 5.91 Å². The van der Waals surface area contributed by atoms with E-state index in [-0.39, 0.29) is 17.9 Å². The smallest absolute Gasteiger partial charge is 0.224 e. The monoisotopic (exact) mass is 363 g/mol. The van der Waals surface area contributed by atoms with E-state index in [9.17, 15) is 4.79 Å². The Morgan fingerprint density at radius 3 is 2.85 bits per heavy atom. The van der Waals surface area contributed by atoms with E-state index in [1.54, 1.807) is 0 Å². The summed E-state index contributed by atoms with van der Waals surface area (Å²) < 4.78 is 7.30. The van der Waals surface area contributed by atoms with Crippen LogP contribution in [0.3, 0.4) is 0 Å². The van der Waals surface area contributed by atoms with Crippen LogP contribution in [0.25, 0.3) is 0 Å². The van der Waals surface area contributed by atoms with Crippen LogP contribution in [0.1, 0.15) is 37.7 Å². The molecular weight excluding hydrogens is 330 g/mol. The van der Waals surface area contributed by atoms with Crippen molar-refractivity contribution in [1.29, 1.82) is 0 Å². The van der Waals surface area contributed by atoms with Crippen LogP contribution in [0, 0.1) is 5.92 Å². The van der Waals surface area contributed by atoms with Gasteiger partial charge in [-0.1, -0.05) is 0 Å². The molecule has 0 bridgehead atoms. The van der Waals surface area contributed by atoms with Gasteiger partial charge in [0.1, 0.15) is 0 Å². The number of aromatic nitrogens is 2. The van der Waals surface area contributed by atoms with Crippen molar-refractivity contribution in [2.45, 2.75) is 50.6 Å². The molecule has 2 fully saturated rings. The number of nitrogens with zero attached hydrogens (tertiary/aromatic N) is 3. The lowest BCUT2D eigenvalue weighted by molar-refractivity contribution is -0.125. The van der Waals surface area contributed by atoms with E-state index in [2.05, 4.69) is 15.3 Å². The summed E-state index contributed by atoms with van der Waals surface area (Å²) in [6, 6.07) is 0.676. The number of hydrogen-bond acceptors (Lipinski definition) is 5. The molecular formula is C19H33N5O2. The van der Waals surface area contributed by atoms with Crippen LogP contribution in [0.4, 0.5) is 0 Å². The molecule has 0 aromatic carbocycles. The molecule has 0 aliphatic carbocycles. The summed E-state index contributed by atoms with van der Waals surface area (Å²) in [6.07, 6.45) is 9.70. The molecule has 2 saturated heterocycles. The fraction of sp³-hybridized carbons (Fsp3) is 0.789. The third-order valence-electron chi connectivity index (χ3n) is 5.59. The number of amides is 1. The minimum atomic E-state index is 0.0461. The predicted octanol–water partition coefficient (Wildman–Crippen LogP) is 0.687. The number of carbonyl (C=O) groups is 1. The van der Waals surface area contributed by atoms with Gasteiger partial charge in [-0.25, -0.2) is 0 Å². The van der Waals surface area contributed by atoms with Crippen LogP contribution < -0.4 is 11.1 Å². The summed E-state index contributed by atoms with van der Waals surface area (Å²) in [5, 5.41) is 7.31. The average molecular weight is 364 g/mol. The van der Waals surface area contributed by atoms with Crippen LogP contribution in [0.5, 0.6) is 0 Å². The van der Waals surface area contributed by atoms with Gasteiger partial charge in [0.15, 0.2) is 0 Å². The fourth-order valence-corrected chi connectivity index (χ4v) is 4.07. The fourth-order valence-electron chi connectivity index (χ4n) is 4.07. The molecule has 3 N–H and O–H groups in total. The normalized spacial score (nSPS) is 25.8. The van der Waals surface area contributed by atoms with Crippen molar-refractivity contribution in [2.75, 3.05) is 32.8 Å². The van der Waals surface area contributed by atoms with E-state index >= 15 is 0 Å². The van der Waals surface area contributed by atoms with E-state index in [0.29, 0.717) is 12.6 Å². The number of ether oxygens (including phenoxy) is 1. The highest BCUT2D eigenvalue weighted by atomic mass is 16.5. The van der Waals surface area contributed by atoms with E-state index in [1.807, 2.05) is 24.1 Å². The Morgan fingerprint density at radius 2 is 2.12 bits per heavy atom. The van der Waals surface area contributed by atoms with Gasteiger partial charge in [0.25, 0.3) is 0 Å². The number of nitrogens with two attached hydrogens (primary N) is 1. The Labute approximate surface area is 156 Å². The van der Waals surface area contributed by atoms with Gasteiger partial charge in [-0.3, -0.25) is 14.4 Å². The second-order valence-electron chi connectivity index (χ2n) is 7.75. The molecule has 0 spiro atoms. The molecule has 0 saturated carbocycles. The Bertz CT molecular complexity index is 570. The third-order valence-corrected chi connectivity index (χ3v) is 5.59. The summed E-state index contributed by atoms with van der Waals surface area (Å²) in [5.41, 5.74) is 7.49. The predicted molar refractivity (Wildman–Crippen MR) is 101 cm³/mol. The molecule has 2 atom stereocenters.